The number of likely N-dealkylation sites (tertiary alicyclic amines) is 1. The van der Waals surface area contributed by atoms with Gasteiger partial charge in [0.05, 0.1) is 32.1 Å². The molecule has 1 amide bonds. The molecule has 0 aromatic heterocycles. The van der Waals surface area contributed by atoms with Gasteiger partial charge in [0, 0.05) is 23.1 Å². The van der Waals surface area contributed by atoms with E-state index in [1.54, 1.807) is 17.0 Å². The van der Waals surface area contributed by atoms with Gasteiger partial charge in [-0.3, -0.25) is 19.2 Å². The summed E-state index contributed by atoms with van der Waals surface area (Å²) in [5.74, 6) is 0.231. The first-order valence-corrected chi connectivity index (χ1v) is 12.7. The van der Waals surface area contributed by atoms with Gasteiger partial charge in [0.1, 0.15) is 24.7 Å². The first-order chi connectivity index (χ1) is 17.8. The molecule has 2 aromatic carbocycles. The summed E-state index contributed by atoms with van der Waals surface area (Å²) in [6.07, 6.45) is 3.80. The van der Waals surface area contributed by atoms with Crippen molar-refractivity contribution in [1.29, 1.82) is 0 Å². The van der Waals surface area contributed by atoms with Crippen LogP contribution in [-0.2, 0) is 34.1 Å². The highest BCUT2D eigenvalue weighted by Gasteiger charge is 2.40. The largest absolute Gasteiger partial charge is 0.633 e. The van der Waals surface area contributed by atoms with Crippen LogP contribution in [0.15, 0.2) is 42.5 Å². The average molecular weight is 509 g/mol. The molecule has 2 fully saturated rings. The van der Waals surface area contributed by atoms with Gasteiger partial charge in [0.25, 0.3) is 12.4 Å². The topological polar surface area (TPSA) is 124 Å². The van der Waals surface area contributed by atoms with Gasteiger partial charge < -0.3 is 24.6 Å². The normalized spacial score (nSPS) is 20.6. The lowest BCUT2D eigenvalue weighted by molar-refractivity contribution is -0.898. The van der Waals surface area contributed by atoms with E-state index in [2.05, 4.69) is 0 Å². The summed E-state index contributed by atoms with van der Waals surface area (Å²) in [5, 5.41) is 19.7. The van der Waals surface area contributed by atoms with Gasteiger partial charge in [0.15, 0.2) is 5.78 Å². The Morgan fingerprint density at radius 3 is 2.38 bits per heavy atom. The molecular formula is C28H32N2O7. The van der Waals surface area contributed by atoms with Gasteiger partial charge in [0.2, 0.25) is 0 Å². The number of benzene rings is 2. The summed E-state index contributed by atoms with van der Waals surface area (Å²) in [7, 11) is 0. The summed E-state index contributed by atoms with van der Waals surface area (Å²) in [6, 6.07) is 12.8. The molecule has 5 rings (SSSR count). The van der Waals surface area contributed by atoms with Crippen LogP contribution in [-0.4, -0.2) is 57.7 Å². The average Bonchev–Trinajstić information content (AvgIpc) is 3.21. The maximum absolute atomic E-state index is 13.0. The van der Waals surface area contributed by atoms with Crippen molar-refractivity contribution in [3.63, 3.8) is 0 Å². The standard InChI is InChI=1S/C27H30N2O5.CH2O2/c30-21-11-12-24(25(31)15-21)28-16-23-22(27(28)32)5-4-6-26(23)34-18-20-9-7-19(8-10-20)17-29(33)13-2-1-3-14-29;2-1-3/h4-10,24H,1-3,11-18H2;1H,(H,2,3). The lowest BCUT2D eigenvalue weighted by atomic mass is 9.92. The Bertz CT molecular complexity index is 1160. The van der Waals surface area contributed by atoms with Crippen molar-refractivity contribution in [1.82, 2.24) is 4.90 Å². The predicted octanol–water partition coefficient (Wildman–Crippen LogP) is 3.61. The zero-order valence-corrected chi connectivity index (χ0v) is 20.8. The number of fused-ring (bicyclic) bond motifs is 1. The zero-order valence-electron chi connectivity index (χ0n) is 20.8. The van der Waals surface area contributed by atoms with Crippen LogP contribution in [0.3, 0.4) is 0 Å². The van der Waals surface area contributed by atoms with Gasteiger partial charge in [-0.05, 0) is 43.4 Å². The highest BCUT2D eigenvalue weighted by atomic mass is 16.5. The van der Waals surface area contributed by atoms with E-state index in [-0.39, 0.29) is 35.0 Å². The van der Waals surface area contributed by atoms with Gasteiger partial charge in [-0.1, -0.05) is 30.3 Å². The lowest BCUT2D eigenvalue weighted by Crippen LogP contribution is -2.45. The summed E-state index contributed by atoms with van der Waals surface area (Å²) >= 11 is 0. The maximum atomic E-state index is 13.0. The molecule has 3 aliphatic rings. The minimum absolute atomic E-state index is 0.0523. The van der Waals surface area contributed by atoms with E-state index in [0.717, 1.165) is 36.0 Å². The second kappa shape index (κ2) is 11.7. The van der Waals surface area contributed by atoms with Gasteiger partial charge in [-0.2, -0.15) is 0 Å². The fourth-order valence-corrected chi connectivity index (χ4v) is 5.38. The molecule has 37 heavy (non-hydrogen) atoms. The number of piperidine rings is 1. The molecule has 0 radical (unpaired) electrons. The number of hydroxylamine groups is 3. The van der Waals surface area contributed by atoms with Crippen molar-refractivity contribution >= 4 is 23.9 Å². The number of ether oxygens (including phenoxy) is 1. The summed E-state index contributed by atoms with van der Waals surface area (Å²) in [5.41, 5.74) is 3.37. The van der Waals surface area contributed by atoms with Crippen LogP contribution in [0.1, 0.15) is 65.6 Å². The minimum atomic E-state index is -0.537. The van der Waals surface area contributed by atoms with Crippen LogP contribution in [0.4, 0.5) is 0 Å². The fraction of sp³-hybridized carbons (Fsp3) is 0.429. The number of quaternary nitrogens is 1. The summed E-state index contributed by atoms with van der Waals surface area (Å²) < 4.78 is 5.96. The Kier molecular flexibility index (Phi) is 8.35. The number of rotatable bonds is 6. The van der Waals surface area contributed by atoms with Crippen LogP contribution in [0, 0.1) is 5.21 Å². The monoisotopic (exact) mass is 508 g/mol. The Balaban J connectivity index is 0.00000102. The SMILES string of the molecule is O=C1CCC(N2Cc3c(OCc4ccc(C[N+]5([O-])CCCCC5)cc4)cccc3C2=O)C(=O)C1.O=CO. The molecule has 2 heterocycles. The van der Waals surface area contributed by atoms with Crippen molar-refractivity contribution < 1.29 is 33.7 Å². The highest BCUT2D eigenvalue weighted by molar-refractivity contribution is 6.07. The Morgan fingerprint density at radius 2 is 1.70 bits per heavy atom. The molecule has 2 aromatic rings. The molecule has 1 saturated heterocycles. The number of amides is 1. The van der Waals surface area contributed by atoms with Gasteiger partial charge in [-0.15, -0.1) is 0 Å². The molecule has 2 aliphatic heterocycles. The molecule has 1 unspecified atom stereocenters. The van der Waals surface area contributed by atoms with Crippen molar-refractivity contribution in [3.05, 3.63) is 69.9 Å². The molecule has 196 valence electrons. The molecule has 1 N–H and O–H groups in total. The molecule has 9 nitrogen and oxygen atoms in total. The molecule has 0 bridgehead atoms. The predicted molar refractivity (Wildman–Crippen MR) is 134 cm³/mol. The minimum Gasteiger partial charge on any atom is -0.633 e. The van der Waals surface area contributed by atoms with Crippen LogP contribution >= 0.6 is 0 Å². The Labute approximate surface area is 215 Å². The van der Waals surface area contributed by atoms with Crippen molar-refractivity contribution in [2.45, 2.75) is 64.3 Å². The van der Waals surface area contributed by atoms with E-state index in [4.69, 9.17) is 14.6 Å². The van der Waals surface area contributed by atoms with E-state index in [1.807, 2.05) is 30.3 Å². The molecular weight excluding hydrogens is 476 g/mol. The van der Waals surface area contributed by atoms with Gasteiger partial charge in [-0.25, -0.2) is 0 Å². The summed E-state index contributed by atoms with van der Waals surface area (Å²) in [6.45, 7) is 2.32. The van der Waals surface area contributed by atoms with Crippen molar-refractivity contribution in [2.75, 3.05) is 13.1 Å². The van der Waals surface area contributed by atoms with E-state index >= 15 is 0 Å². The molecule has 1 saturated carbocycles. The van der Waals surface area contributed by atoms with E-state index in [0.29, 0.717) is 56.9 Å². The van der Waals surface area contributed by atoms with Crippen molar-refractivity contribution in [2.24, 2.45) is 0 Å². The molecule has 1 atom stereocenters. The number of Topliss-reactive ketones (excluding diaryl/α,β-unsaturated/α-hetero) is 2. The first kappa shape index (κ1) is 26.5. The third-order valence-corrected chi connectivity index (χ3v) is 7.29. The number of hydrogen-bond donors (Lipinski definition) is 1. The number of nitrogens with zero attached hydrogens (tertiary/aromatic N) is 2. The number of hydrogen-bond acceptors (Lipinski definition) is 6. The quantitative estimate of drug-likeness (QED) is 0.274. The molecule has 1 aliphatic carbocycles. The van der Waals surface area contributed by atoms with Crippen LogP contribution in [0.5, 0.6) is 5.75 Å². The third kappa shape index (κ3) is 6.23. The Morgan fingerprint density at radius 1 is 1.03 bits per heavy atom. The van der Waals surface area contributed by atoms with Crippen LogP contribution < -0.4 is 4.74 Å². The number of carboxylic acid groups (broad SMARTS) is 1. The third-order valence-electron chi connectivity index (χ3n) is 7.29. The second-order valence-corrected chi connectivity index (χ2v) is 9.89. The Hall–Kier alpha value is -3.56. The van der Waals surface area contributed by atoms with E-state index < -0.39 is 6.04 Å². The van der Waals surface area contributed by atoms with E-state index in [9.17, 15) is 19.6 Å². The maximum Gasteiger partial charge on any atom is 0.290 e. The smallest absolute Gasteiger partial charge is 0.290 e. The van der Waals surface area contributed by atoms with Crippen LogP contribution in [0.25, 0.3) is 0 Å². The lowest BCUT2D eigenvalue weighted by Gasteiger charge is -2.45. The first-order valence-electron chi connectivity index (χ1n) is 12.7. The number of carbonyl (C=O) groups is 4. The second-order valence-electron chi connectivity index (χ2n) is 9.89. The van der Waals surface area contributed by atoms with Crippen LogP contribution in [0.2, 0.25) is 0 Å². The van der Waals surface area contributed by atoms with Crippen molar-refractivity contribution in [3.8, 4) is 5.75 Å². The summed E-state index contributed by atoms with van der Waals surface area (Å²) in [4.78, 5) is 46.9. The van der Waals surface area contributed by atoms with Gasteiger partial charge >= 0.3 is 0 Å². The molecule has 9 heteroatoms. The number of ketones is 2. The molecule has 0 spiro atoms. The highest BCUT2D eigenvalue weighted by Crippen LogP contribution is 2.34. The number of carbonyl (C=O) groups excluding carboxylic acids is 3. The zero-order chi connectivity index (χ0) is 26.4. The fourth-order valence-electron chi connectivity index (χ4n) is 5.38. The van der Waals surface area contributed by atoms with E-state index in [1.165, 1.54) is 0 Å².